The van der Waals surface area contributed by atoms with Gasteiger partial charge in [0.05, 0.1) is 13.8 Å². The highest BCUT2D eigenvalue weighted by Gasteiger charge is 2.16. The van der Waals surface area contributed by atoms with Crippen molar-refractivity contribution in [2.75, 3.05) is 0 Å². The van der Waals surface area contributed by atoms with Crippen molar-refractivity contribution in [2.45, 2.75) is 19.6 Å². The first-order chi connectivity index (χ1) is 7.57. The summed E-state index contributed by atoms with van der Waals surface area (Å²) in [6.45, 7) is 7.02. The van der Waals surface area contributed by atoms with E-state index in [1.807, 2.05) is 24.4 Å². The molecule has 0 aliphatic heterocycles. The van der Waals surface area contributed by atoms with Crippen molar-refractivity contribution in [2.24, 2.45) is 0 Å². The Kier molecular flexibility index (Phi) is 2.92. The molecule has 16 heavy (non-hydrogen) atoms. The van der Waals surface area contributed by atoms with Crippen molar-refractivity contribution in [3.05, 3.63) is 48.7 Å². The first-order valence-electron chi connectivity index (χ1n) is 5.59. The second-order valence-corrected chi connectivity index (χ2v) is 10.1. The van der Waals surface area contributed by atoms with Crippen molar-refractivity contribution in [3.8, 4) is 11.3 Å². The van der Waals surface area contributed by atoms with Crippen LogP contribution in [-0.4, -0.2) is 13.1 Å². The summed E-state index contributed by atoms with van der Waals surface area (Å²) in [5.74, 6) is 0. The molecule has 1 aromatic carbocycles. The monoisotopic (exact) mass is 227 g/mol. The zero-order chi connectivity index (χ0) is 11.6. The smallest absolute Gasteiger partial charge is 0.0796 e. The Morgan fingerprint density at radius 1 is 0.875 bits per heavy atom. The third-order valence-electron chi connectivity index (χ3n) is 2.70. The Morgan fingerprint density at radius 2 is 1.56 bits per heavy atom. The summed E-state index contributed by atoms with van der Waals surface area (Å²) in [7, 11) is -1.22. The molecule has 0 fully saturated rings. The van der Waals surface area contributed by atoms with Crippen LogP contribution in [0.5, 0.6) is 0 Å². The Labute approximate surface area is 98.2 Å². The van der Waals surface area contributed by atoms with Crippen molar-refractivity contribution in [1.82, 2.24) is 4.98 Å². The number of rotatable bonds is 2. The largest absolute Gasteiger partial charge is 0.256 e. The molecule has 2 aromatic rings. The zero-order valence-electron chi connectivity index (χ0n) is 10.1. The highest BCUT2D eigenvalue weighted by molar-refractivity contribution is 6.88. The van der Waals surface area contributed by atoms with Crippen LogP contribution in [0.4, 0.5) is 0 Å². The molecule has 2 rings (SSSR count). The summed E-state index contributed by atoms with van der Waals surface area (Å²) in [6, 6.07) is 14.7. The Balaban J connectivity index is 2.34. The van der Waals surface area contributed by atoms with Gasteiger partial charge in [-0.05, 0) is 11.3 Å². The number of pyridine rings is 1. The third-order valence-corrected chi connectivity index (χ3v) is 4.73. The quantitative estimate of drug-likeness (QED) is 0.717. The van der Waals surface area contributed by atoms with Gasteiger partial charge in [0.25, 0.3) is 0 Å². The van der Waals surface area contributed by atoms with Crippen molar-refractivity contribution >= 4 is 13.3 Å². The molecule has 0 bridgehead atoms. The number of hydrogen-bond donors (Lipinski definition) is 0. The second kappa shape index (κ2) is 4.22. The molecule has 0 radical (unpaired) electrons. The van der Waals surface area contributed by atoms with E-state index in [9.17, 15) is 0 Å². The summed E-state index contributed by atoms with van der Waals surface area (Å²) in [5, 5.41) is 1.41. The molecule has 1 heterocycles. The summed E-state index contributed by atoms with van der Waals surface area (Å²) in [5.41, 5.74) is 2.24. The first kappa shape index (κ1) is 11.1. The fraction of sp³-hybridized carbons (Fsp3) is 0.214. The lowest BCUT2D eigenvalue weighted by Crippen LogP contribution is -2.37. The van der Waals surface area contributed by atoms with Crippen LogP contribution in [0.15, 0.2) is 48.7 Å². The number of hydrogen-bond acceptors (Lipinski definition) is 1. The van der Waals surface area contributed by atoms with Gasteiger partial charge < -0.3 is 0 Å². The summed E-state index contributed by atoms with van der Waals surface area (Å²) in [6.07, 6.45) is 2.04. The van der Waals surface area contributed by atoms with Crippen LogP contribution < -0.4 is 5.19 Å². The van der Waals surface area contributed by atoms with Crippen LogP contribution in [0.25, 0.3) is 11.3 Å². The fourth-order valence-corrected chi connectivity index (χ4v) is 2.65. The number of benzene rings is 1. The van der Waals surface area contributed by atoms with E-state index in [4.69, 9.17) is 0 Å². The Hall–Kier alpha value is -1.41. The van der Waals surface area contributed by atoms with Crippen LogP contribution in [0.3, 0.4) is 0 Å². The Bertz CT molecular complexity index is 454. The van der Waals surface area contributed by atoms with Gasteiger partial charge in [-0.2, -0.15) is 0 Å². The van der Waals surface area contributed by atoms with E-state index in [1.54, 1.807) is 0 Å². The highest BCUT2D eigenvalue weighted by Crippen LogP contribution is 2.15. The van der Waals surface area contributed by atoms with Gasteiger partial charge in [-0.25, -0.2) is 0 Å². The molecule has 0 amide bonds. The van der Waals surface area contributed by atoms with Gasteiger partial charge in [0.1, 0.15) is 0 Å². The van der Waals surface area contributed by atoms with Gasteiger partial charge >= 0.3 is 0 Å². The van der Waals surface area contributed by atoms with Crippen LogP contribution in [0.2, 0.25) is 19.6 Å². The molecule has 0 aliphatic rings. The molecular weight excluding hydrogens is 210 g/mol. The number of nitrogens with zero attached hydrogens (tertiary/aromatic N) is 1. The standard InChI is InChI=1S/C14H17NSi/c1-16(2,3)13-9-10-14(15-11-13)12-7-5-4-6-8-12/h4-11H,1-3H3. The van der Waals surface area contributed by atoms with Gasteiger partial charge in [0, 0.05) is 11.8 Å². The van der Waals surface area contributed by atoms with Crippen LogP contribution in [-0.2, 0) is 0 Å². The molecule has 82 valence electrons. The van der Waals surface area contributed by atoms with Crippen LogP contribution in [0.1, 0.15) is 0 Å². The highest BCUT2D eigenvalue weighted by atomic mass is 28.3. The third kappa shape index (κ3) is 2.39. The van der Waals surface area contributed by atoms with Gasteiger partial charge in [0.15, 0.2) is 0 Å². The topological polar surface area (TPSA) is 12.9 Å². The summed E-state index contributed by atoms with van der Waals surface area (Å²) < 4.78 is 0. The predicted molar refractivity (Wildman–Crippen MR) is 72.7 cm³/mol. The van der Waals surface area contributed by atoms with Crippen molar-refractivity contribution < 1.29 is 0 Å². The predicted octanol–water partition coefficient (Wildman–Crippen LogP) is 3.29. The molecule has 1 nitrogen and oxygen atoms in total. The molecule has 0 unspecified atom stereocenters. The lowest BCUT2D eigenvalue weighted by molar-refractivity contribution is 1.34. The normalized spacial score (nSPS) is 11.4. The lowest BCUT2D eigenvalue weighted by Gasteiger charge is -2.16. The Morgan fingerprint density at radius 3 is 2.06 bits per heavy atom. The molecule has 2 heteroatoms. The molecule has 0 saturated carbocycles. The second-order valence-electron chi connectivity index (χ2n) is 5.05. The molecule has 1 aromatic heterocycles. The summed E-state index contributed by atoms with van der Waals surface area (Å²) >= 11 is 0. The van der Waals surface area contributed by atoms with E-state index in [2.05, 4.69) is 48.9 Å². The molecule has 0 N–H and O–H groups in total. The molecule has 0 spiro atoms. The van der Waals surface area contributed by atoms with Crippen LogP contribution in [0, 0.1) is 0 Å². The molecule has 0 atom stereocenters. The minimum atomic E-state index is -1.22. The minimum absolute atomic E-state index is 1.06. The SMILES string of the molecule is C[Si](C)(C)c1ccc(-c2ccccc2)nc1. The van der Waals surface area contributed by atoms with Gasteiger partial charge in [0.2, 0.25) is 0 Å². The van der Waals surface area contributed by atoms with Crippen LogP contribution >= 0.6 is 0 Å². The average Bonchev–Trinajstić information content (AvgIpc) is 2.29. The van der Waals surface area contributed by atoms with E-state index in [0.29, 0.717) is 0 Å². The fourth-order valence-electron chi connectivity index (χ4n) is 1.62. The first-order valence-corrected chi connectivity index (χ1v) is 9.09. The van der Waals surface area contributed by atoms with Gasteiger partial charge in [-0.3, -0.25) is 4.98 Å². The minimum Gasteiger partial charge on any atom is -0.256 e. The van der Waals surface area contributed by atoms with E-state index in [1.165, 1.54) is 10.8 Å². The van der Waals surface area contributed by atoms with E-state index in [-0.39, 0.29) is 0 Å². The maximum Gasteiger partial charge on any atom is 0.0796 e. The van der Waals surface area contributed by atoms with Gasteiger partial charge in [-0.15, -0.1) is 0 Å². The number of aromatic nitrogens is 1. The molecule has 0 saturated heterocycles. The molecule has 0 aliphatic carbocycles. The van der Waals surface area contributed by atoms with Crippen molar-refractivity contribution in [3.63, 3.8) is 0 Å². The van der Waals surface area contributed by atoms with Gasteiger partial charge in [-0.1, -0.05) is 56.0 Å². The maximum absolute atomic E-state index is 4.55. The van der Waals surface area contributed by atoms with E-state index < -0.39 is 8.07 Å². The van der Waals surface area contributed by atoms with E-state index in [0.717, 1.165) is 5.69 Å². The zero-order valence-corrected chi connectivity index (χ0v) is 11.1. The lowest BCUT2D eigenvalue weighted by atomic mass is 10.1. The average molecular weight is 227 g/mol. The molecular formula is C14H17NSi. The maximum atomic E-state index is 4.55. The van der Waals surface area contributed by atoms with Crippen molar-refractivity contribution in [1.29, 1.82) is 0 Å². The summed E-state index contributed by atoms with van der Waals surface area (Å²) in [4.78, 5) is 4.55. The van der Waals surface area contributed by atoms with E-state index >= 15 is 0 Å².